The Balaban J connectivity index is 1.90. The van der Waals surface area contributed by atoms with E-state index in [0.717, 1.165) is 31.9 Å². The Morgan fingerprint density at radius 3 is 2.62 bits per heavy atom. The number of nitrogens with zero attached hydrogens (tertiary/aromatic N) is 4. The van der Waals surface area contributed by atoms with E-state index in [1.807, 2.05) is 0 Å². The zero-order chi connectivity index (χ0) is 16.6. The van der Waals surface area contributed by atoms with E-state index in [1.165, 1.54) is 10.2 Å². The molecule has 0 bridgehead atoms. The second-order valence-electron chi connectivity index (χ2n) is 5.61. The van der Waals surface area contributed by atoms with E-state index in [9.17, 15) is 8.42 Å². The summed E-state index contributed by atoms with van der Waals surface area (Å²) < 4.78 is 27.3. The van der Waals surface area contributed by atoms with E-state index in [2.05, 4.69) is 20.2 Å². The largest absolute Gasteiger partial charge is 0.366 e. The second kappa shape index (κ2) is 5.88. The Bertz CT molecular complexity index is 963. The van der Waals surface area contributed by atoms with Gasteiger partial charge in [-0.05, 0) is 24.3 Å². The number of rotatable bonds is 3. The summed E-state index contributed by atoms with van der Waals surface area (Å²) in [6, 6.07) is 6.70. The van der Waals surface area contributed by atoms with Gasteiger partial charge >= 0.3 is 0 Å². The van der Waals surface area contributed by atoms with E-state index < -0.39 is 10.0 Å². The highest BCUT2D eigenvalue weighted by molar-refractivity contribution is 7.90. The van der Waals surface area contributed by atoms with Crippen LogP contribution < -0.4 is 10.2 Å². The van der Waals surface area contributed by atoms with Gasteiger partial charge in [-0.3, -0.25) is 9.97 Å². The number of anilines is 1. The smallest absolute Gasteiger partial charge is 0.269 e. The van der Waals surface area contributed by atoms with Gasteiger partial charge in [0, 0.05) is 51.0 Å². The van der Waals surface area contributed by atoms with Crippen LogP contribution >= 0.6 is 0 Å². The quantitative estimate of drug-likeness (QED) is 0.766. The standard InChI is InChI=1S/C16H17N5O2S/c22-24(23,13-3-1-5-18-11-13)21-12-15(20-9-7-17-8-10-20)16-14(21)4-2-6-19-16/h1-6,11-12,17H,7-10H2. The molecule has 7 nitrogen and oxygen atoms in total. The van der Waals surface area contributed by atoms with Crippen LogP contribution in [0.5, 0.6) is 0 Å². The van der Waals surface area contributed by atoms with E-state index in [1.54, 1.807) is 42.9 Å². The highest BCUT2D eigenvalue weighted by atomic mass is 32.2. The molecule has 24 heavy (non-hydrogen) atoms. The molecule has 1 aliphatic heterocycles. The minimum absolute atomic E-state index is 0.164. The van der Waals surface area contributed by atoms with Crippen LogP contribution in [0.2, 0.25) is 0 Å². The maximum absolute atomic E-state index is 13.0. The lowest BCUT2D eigenvalue weighted by atomic mass is 10.3. The third kappa shape index (κ3) is 2.44. The average molecular weight is 343 g/mol. The van der Waals surface area contributed by atoms with Gasteiger partial charge in [0.25, 0.3) is 10.0 Å². The van der Waals surface area contributed by atoms with Gasteiger partial charge in [0.2, 0.25) is 0 Å². The van der Waals surface area contributed by atoms with Gasteiger partial charge in [-0.25, -0.2) is 12.4 Å². The third-order valence-electron chi connectivity index (χ3n) is 4.15. The molecular formula is C16H17N5O2S. The first-order valence-corrected chi connectivity index (χ1v) is 9.19. The molecule has 3 aromatic heterocycles. The number of pyridine rings is 2. The SMILES string of the molecule is O=S(=O)(c1cccnc1)n1cc(N2CCNCC2)c2ncccc21. The van der Waals surface area contributed by atoms with Crippen molar-refractivity contribution in [1.29, 1.82) is 0 Å². The van der Waals surface area contributed by atoms with Gasteiger partial charge in [0.05, 0.1) is 11.2 Å². The summed E-state index contributed by atoms with van der Waals surface area (Å²) in [6.45, 7) is 3.38. The van der Waals surface area contributed by atoms with Gasteiger partial charge in [0.15, 0.2) is 0 Å². The van der Waals surface area contributed by atoms with Crippen LogP contribution in [0.25, 0.3) is 11.0 Å². The van der Waals surface area contributed by atoms with Crippen LogP contribution in [0, 0.1) is 0 Å². The molecular weight excluding hydrogens is 326 g/mol. The normalized spacial score (nSPS) is 15.8. The van der Waals surface area contributed by atoms with Crippen molar-refractivity contribution in [2.45, 2.75) is 4.90 Å². The van der Waals surface area contributed by atoms with Gasteiger partial charge in [-0.15, -0.1) is 0 Å². The van der Waals surface area contributed by atoms with Crippen molar-refractivity contribution in [2.24, 2.45) is 0 Å². The number of aromatic nitrogens is 3. The van der Waals surface area contributed by atoms with Gasteiger partial charge in [-0.2, -0.15) is 0 Å². The van der Waals surface area contributed by atoms with Crippen LogP contribution in [0.3, 0.4) is 0 Å². The van der Waals surface area contributed by atoms with E-state index in [4.69, 9.17) is 0 Å². The fourth-order valence-corrected chi connectivity index (χ4v) is 4.28. The molecule has 4 heterocycles. The molecule has 1 fully saturated rings. The highest BCUT2D eigenvalue weighted by Gasteiger charge is 2.24. The summed E-state index contributed by atoms with van der Waals surface area (Å²) in [7, 11) is -3.71. The first-order valence-electron chi connectivity index (χ1n) is 7.75. The zero-order valence-electron chi connectivity index (χ0n) is 13.0. The molecule has 1 N–H and O–H groups in total. The molecule has 0 atom stereocenters. The molecule has 3 aromatic rings. The molecule has 0 aromatic carbocycles. The summed E-state index contributed by atoms with van der Waals surface area (Å²) in [5.41, 5.74) is 2.13. The predicted molar refractivity (Wildman–Crippen MR) is 91.6 cm³/mol. The minimum Gasteiger partial charge on any atom is -0.366 e. The maximum atomic E-state index is 13.0. The molecule has 0 amide bonds. The summed E-state index contributed by atoms with van der Waals surface area (Å²) in [5.74, 6) is 0. The van der Waals surface area contributed by atoms with Crippen molar-refractivity contribution in [3.63, 3.8) is 0 Å². The average Bonchev–Trinajstić information content (AvgIpc) is 3.04. The van der Waals surface area contributed by atoms with Gasteiger partial charge in [0.1, 0.15) is 10.4 Å². The van der Waals surface area contributed by atoms with Crippen LogP contribution in [-0.2, 0) is 10.0 Å². The third-order valence-corrected chi connectivity index (χ3v) is 5.81. The molecule has 0 radical (unpaired) electrons. The number of nitrogens with one attached hydrogen (secondary N) is 1. The topological polar surface area (TPSA) is 80.1 Å². The Morgan fingerprint density at radius 2 is 1.88 bits per heavy atom. The number of piperazine rings is 1. The lowest BCUT2D eigenvalue weighted by Crippen LogP contribution is -2.43. The van der Waals surface area contributed by atoms with Gasteiger partial charge < -0.3 is 10.2 Å². The molecule has 0 spiro atoms. The van der Waals surface area contributed by atoms with Crippen molar-refractivity contribution in [3.8, 4) is 0 Å². The molecule has 124 valence electrons. The Hall–Kier alpha value is -2.45. The first-order chi connectivity index (χ1) is 11.7. The van der Waals surface area contributed by atoms with Crippen LogP contribution in [0.1, 0.15) is 0 Å². The lowest BCUT2D eigenvalue weighted by Gasteiger charge is -2.28. The number of hydrogen-bond donors (Lipinski definition) is 1. The van der Waals surface area contributed by atoms with Crippen molar-refractivity contribution in [2.75, 3.05) is 31.1 Å². The summed E-state index contributed by atoms with van der Waals surface area (Å²) in [6.07, 6.45) is 6.28. The van der Waals surface area contributed by atoms with E-state index in [-0.39, 0.29) is 4.90 Å². The Labute approximate surface area is 140 Å². The van der Waals surface area contributed by atoms with Crippen molar-refractivity contribution >= 4 is 26.7 Å². The highest BCUT2D eigenvalue weighted by Crippen LogP contribution is 2.30. The van der Waals surface area contributed by atoms with E-state index >= 15 is 0 Å². The van der Waals surface area contributed by atoms with Crippen LogP contribution in [0.4, 0.5) is 5.69 Å². The summed E-state index contributed by atoms with van der Waals surface area (Å²) in [5, 5.41) is 3.30. The molecule has 4 rings (SSSR count). The number of fused-ring (bicyclic) bond motifs is 1. The van der Waals surface area contributed by atoms with Gasteiger partial charge in [-0.1, -0.05) is 0 Å². The first kappa shape index (κ1) is 15.1. The molecule has 1 saturated heterocycles. The van der Waals surface area contributed by atoms with Crippen LogP contribution in [-0.4, -0.2) is 48.5 Å². The predicted octanol–water partition coefficient (Wildman–Crippen LogP) is 1.08. The summed E-state index contributed by atoms with van der Waals surface area (Å²) >= 11 is 0. The minimum atomic E-state index is -3.71. The van der Waals surface area contributed by atoms with Crippen LogP contribution in [0.15, 0.2) is 53.9 Å². The summed E-state index contributed by atoms with van der Waals surface area (Å²) in [4.78, 5) is 10.7. The molecule has 0 saturated carbocycles. The van der Waals surface area contributed by atoms with Crippen molar-refractivity contribution < 1.29 is 8.42 Å². The molecule has 8 heteroatoms. The fraction of sp³-hybridized carbons (Fsp3) is 0.250. The Kier molecular flexibility index (Phi) is 3.70. The molecule has 1 aliphatic rings. The number of hydrogen-bond acceptors (Lipinski definition) is 6. The second-order valence-corrected chi connectivity index (χ2v) is 7.43. The fourth-order valence-electron chi connectivity index (χ4n) is 2.96. The lowest BCUT2D eigenvalue weighted by molar-refractivity contribution is 0.586. The Morgan fingerprint density at radius 1 is 1.08 bits per heavy atom. The van der Waals surface area contributed by atoms with Crippen molar-refractivity contribution in [1.82, 2.24) is 19.3 Å². The maximum Gasteiger partial charge on any atom is 0.269 e. The van der Waals surface area contributed by atoms with Crippen molar-refractivity contribution in [3.05, 3.63) is 49.1 Å². The van der Waals surface area contributed by atoms with E-state index in [0.29, 0.717) is 11.0 Å². The zero-order valence-corrected chi connectivity index (χ0v) is 13.8. The molecule has 0 aliphatic carbocycles. The molecule has 0 unspecified atom stereocenters. The monoisotopic (exact) mass is 343 g/mol.